The summed E-state index contributed by atoms with van der Waals surface area (Å²) in [6, 6.07) is 0. The quantitative estimate of drug-likeness (QED) is 0.755. The largest absolute Gasteiger partial charge is 0.480 e. The number of hydrogen-bond donors (Lipinski definition) is 1. The Hall–Kier alpha value is -0.660. The number of aliphatic carboxylic acids is 1. The summed E-state index contributed by atoms with van der Waals surface area (Å²) in [5, 5.41) is 8.50. The molecule has 3 aliphatic rings. The molecule has 2 saturated heterocycles. The Kier molecular flexibility index (Phi) is 11.3. The molecule has 0 aromatic rings. The molecule has 0 aromatic carbocycles. The van der Waals surface area contributed by atoms with E-state index in [2.05, 4.69) is 11.7 Å². The van der Waals surface area contributed by atoms with Crippen molar-refractivity contribution in [3.8, 4) is 0 Å². The number of carbonyl (C=O) groups is 2. The predicted molar refractivity (Wildman–Crippen MR) is 94.9 cm³/mol. The van der Waals surface area contributed by atoms with Crippen LogP contribution in [0.3, 0.4) is 0 Å². The molecule has 7 heteroatoms. The van der Waals surface area contributed by atoms with Gasteiger partial charge in [-0.3, -0.25) is 4.79 Å². The van der Waals surface area contributed by atoms with Crippen molar-refractivity contribution in [2.45, 2.75) is 49.7 Å². The van der Waals surface area contributed by atoms with E-state index in [4.69, 9.17) is 9.84 Å². The molecule has 0 aliphatic carbocycles. The summed E-state index contributed by atoms with van der Waals surface area (Å²) >= 11 is 3.07. The average Bonchev–Trinajstić information content (AvgIpc) is 3.08. The van der Waals surface area contributed by atoms with Crippen LogP contribution in [0, 0.1) is 0 Å². The molecule has 132 valence electrons. The summed E-state index contributed by atoms with van der Waals surface area (Å²) in [5.74, 6) is 1.10. The number of cyclic esters (lactones) is 1. The van der Waals surface area contributed by atoms with Gasteiger partial charge in [0.15, 0.2) is 0 Å². The van der Waals surface area contributed by atoms with Crippen LogP contribution in [0.15, 0.2) is 12.2 Å². The molecule has 3 aliphatic heterocycles. The average molecular weight is 363 g/mol. The van der Waals surface area contributed by atoms with Crippen molar-refractivity contribution in [1.82, 2.24) is 0 Å². The topological polar surface area (TPSA) is 72.8 Å². The highest BCUT2D eigenvalue weighted by atomic mass is 32.2. The minimum atomic E-state index is -0.676. The monoisotopic (exact) mass is 362 g/mol. The lowest BCUT2D eigenvalue weighted by Crippen LogP contribution is -2.17. The van der Waals surface area contributed by atoms with Crippen LogP contribution in [-0.4, -0.2) is 52.5 Å². The number of esters is 1. The summed E-state index contributed by atoms with van der Waals surface area (Å²) in [7, 11) is 0. The Morgan fingerprint density at radius 1 is 1.30 bits per heavy atom. The Morgan fingerprint density at radius 2 is 2.04 bits per heavy atom. The number of ether oxygens (including phenoxy) is 2. The van der Waals surface area contributed by atoms with Crippen molar-refractivity contribution in [3.05, 3.63) is 12.2 Å². The molecule has 0 radical (unpaired) electrons. The van der Waals surface area contributed by atoms with E-state index in [0.29, 0.717) is 12.7 Å². The second-order valence-electron chi connectivity index (χ2n) is 5.19. The first-order chi connectivity index (χ1) is 11.1. The number of carboxylic acids is 1. The van der Waals surface area contributed by atoms with Crippen molar-refractivity contribution in [3.63, 3.8) is 0 Å². The van der Waals surface area contributed by atoms with Crippen molar-refractivity contribution in [1.29, 1.82) is 0 Å². The van der Waals surface area contributed by atoms with Gasteiger partial charge in [-0.2, -0.15) is 0 Å². The Balaban J connectivity index is 0.000000176. The first-order valence-corrected chi connectivity index (χ1v) is 10.1. The smallest absolute Gasteiger partial charge is 0.330 e. The Bertz CT molecular complexity index is 375. The van der Waals surface area contributed by atoms with Crippen LogP contribution in [0.4, 0.5) is 0 Å². The lowest BCUT2D eigenvalue weighted by atomic mass is 10.1. The van der Waals surface area contributed by atoms with Gasteiger partial charge in [0.05, 0.1) is 6.10 Å². The van der Waals surface area contributed by atoms with Crippen molar-refractivity contribution >= 4 is 35.5 Å². The zero-order valence-electron chi connectivity index (χ0n) is 13.6. The third-order valence-electron chi connectivity index (χ3n) is 3.33. The summed E-state index contributed by atoms with van der Waals surface area (Å²) in [4.78, 5) is 20.2. The van der Waals surface area contributed by atoms with Crippen LogP contribution in [0.1, 0.15) is 39.0 Å². The lowest BCUT2D eigenvalue weighted by Gasteiger charge is -2.20. The van der Waals surface area contributed by atoms with Gasteiger partial charge < -0.3 is 14.6 Å². The summed E-state index contributed by atoms with van der Waals surface area (Å²) in [5.41, 5.74) is 0. The van der Waals surface area contributed by atoms with E-state index in [1.165, 1.54) is 55.3 Å². The van der Waals surface area contributed by atoms with E-state index >= 15 is 0 Å². The van der Waals surface area contributed by atoms with E-state index in [0.717, 1.165) is 24.5 Å². The SMILES string of the molecule is CCC1CCCCO1.O=C(O)C1SCCCS1.O=C1C=CCO1. The van der Waals surface area contributed by atoms with Crippen LogP contribution < -0.4 is 0 Å². The normalized spacial score (nSPS) is 23.9. The maximum absolute atomic E-state index is 10.3. The molecule has 23 heavy (non-hydrogen) atoms. The molecule has 1 atom stereocenters. The minimum absolute atomic E-state index is 0.196. The number of thioether (sulfide) groups is 2. The molecular weight excluding hydrogens is 336 g/mol. The summed E-state index contributed by atoms with van der Waals surface area (Å²) < 4.78 is 9.63. The fourth-order valence-corrected chi connectivity index (χ4v) is 4.56. The van der Waals surface area contributed by atoms with Crippen molar-refractivity contribution in [2.24, 2.45) is 0 Å². The van der Waals surface area contributed by atoms with E-state index in [-0.39, 0.29) is 10.6 Å². The van der Waals surface area contributed by atoms with Gasteiger partial charge >= 0.3 is 11.9 Å². The summed E-state index contributed by atoms with van der Waals surface area (Å²) in [6.45, 7) is 3.65. The van der Waals surface area contributed by atoms with Crippen LogP contribution in [0.2, 0.25) is 0 Å². The molecule has 1 N–H and O–H groups in total. The highest BCUT2D eigenvalue weighted by molar-refractivity contribution is 8.18. The molecule has 0 spiro atoms. The molecule has 1 unspecified atom stereocenters. The number of rotatable bonds is 2. The first-order valence-electron chi connectivity index (χ1n) is 8.04. The fraction of sp³-hybridized carbons (Fsp3) is 0.750. The van der Waals surface area contributed by atoms with E-state index in [1.807, 2.05) is 0 Å². The molecule has 3 rings (SSSR count). The van der Waals surface area contributed by atoms with Gasteiger partial charge in [-0.05, 0) is 49.7 Å². The predicted octanol–water partition coefficient (Wildman–Crippen LogP) is 3.33. The highest BCUT2D eigenvalue weighted by Crippen LogP contribution is 2.30. The second-order valence-corrected chi connectivity index (χ2v) is 7.92. The van der Waals surface area contributed by atoms with Gasteiger partial charge in [-0.15, -0.1) is 23.5 Å². The number of carboxylic acid groups (broad SMARTS) is 1. The zero-order chi connectivity index (χ0) is 16.9. The van der Waals surface area contributed by atoms with Gasteiger partial charge in [0.1, 0.15) is 11.2 Å². The molecule has 5 nitrogen and oxygen atoms in total. The van der Waals surface area contributed by atoms with Crippen LogP contribution in [0.25, 0.3) is 0 Å². The van der Waals surface area contributed by atoms with E-state index in [9.17, 15) is 9.59 Å². The number of carbonyl (C=O) groups excluding carboxylic acids is 1. The Labute approximate surface area is 146 Å². The molecule has 0 amide bonds. The third-order valence-corrected chi connectivity index (χ3v) is 6.21. The molecular formula is C16H26O5S2. The summed E-state index contributed by atoms with van der Waals surface area (Å²) in [6.07, 6.45) is 9.97. The van der Waals surface area contributed by atoms with Gasteiger partial charge in [0.25, 0.3) is 0 Å². The maximum atomic E-state index is 10.3. The fourth-order valence-electron chi connectivity index (χ4n) is 2.08. The molecule has 0 bridgehead atoms. The zero-order valence-corrected chi connectivity index (χ0v) is 15.2. The second kappa shape index (κ2) is 12.7. The lowest BCUT2D eigenvalue weighted by molar-refractivity contribution is -0.135. The van der Waals surface area contributed by atoms with Crippen LogP contribution in [-0.2, 0) is 19.1 Å². The van der Waals surface area contributed by atoms with Gasteiger partial charge in [-0.1, -0.05) is 6.92 Å². The van der Waals surface area contributed by atoms with Gasteiger partial charge in [0.2, 0.25) is 0 Å². The standard InChI is InChI=1S/C7H14O.C5H8O2S2.C4H4O2/c1-2-7-5-3-4-6-8-7;6-4(7)5-8-2-1-3-9-5;5-4-2-1-3-6-4/h7H,2-6H2,1H3;5H,1-3H2,(H,6,7);1-2H,3H2. The van der Waals surface area contributed by atoms with E-state index < -0.39 is 5.97 Å². The van der Waals surface area contributed by atoms with Crippen molar-refractivity contribution in [2.75, 3.05) is 24.7 Å². The minimum Gasteiger partial charge on any atom is -0.480 e. The molecule has 0 saturated carbocycles. The first kappa shape index (κ1) is 20.4. The van der Waals surface area contributed by atoms with E-state index in [1.54, 1.807) is 6.08 Å². The molecule has 2 fully saturated rings. The highest BCUT2D eigenvalue weighted by Gasteiger charge is 2.20. The maximum Gasteiger partial charge on any atom is 0.330 e. The van der Waals surface area contributed by atoms with Crippen LogP contribution >= 0.6 is 23.5 Å². The van der Waals surface area contributed by atoms with Gasteiger partial charge in [0, 0.05) is 12.7 Å². The van der Waals surface area contributed by atoms with Crippen molar-refractivity contribution < 1.29 is 24.2 Å². The molecule has 3 heterocycles. The van der Waals surface area contributed by atoms with Gasteiger partial charge in [-0.25, -0.2) is 4.79 Å². The third kappa shape index (κ3) is 9.94. The number of hydrogen-bond acceptors (Lipinski definition) is 6. The Morgan fingerprint density at radius 3 is 2.35 bits per heavy atom. The van der Waals surface area contributed by atoms with Crippen LogP contribution in [0.5, 0.6) is 0 Å². The molecule has 0 aromatic heterocycles.